The monoisotopic (exact) mass is 256 g/mol. The van der Waals surface area contributed by atoms with E-state index in [1.54, 1.807) is 0 Å². The van der Waals surface area contributed by atoms with Gasteiger partial charge in [0.15, 0.2) is 0 Å². The van der Waals surface area contributed by atoms with Crippen LogP contribution in [0.3, 0.4) is 0 Å². The second-order valence-electron chi connectivity index (χ2n) is 4.55. The van der Waals surface area contributed by atoms with Gasteiger partial charge in [0.1, 0.15) is 0 Å². The molecule has 1 aromatic rings. The van der Waals surface area contributed by atoms with Gasteiger partial charge in [-0.15, -0.1) is 0 Å². The van der Waals surface area contributed by atoms with E-state index >= 15 is 0 Å². The molecule has 0 amide bonds. The quantitative estimate of drug-likeness (QED) is 0.848. The van der Waals surface area contributed by atoms with E-state index in [1.807, 2.05) is 45.2 Å². The molecule has 3 atom stereocenters. The molecule has 0 aliphatic carbocycles. The summed E-state index contributed by atoms with van der Waals surface area (Å²) in [4.78, 5) is 2.09. The molecule has 0 heterocycles. The number of hydrogen-bond donors (Lipinski definition) is 2. The normalized spacial score (nSPS) is 16.9. The van der Waals surface area contributed by atoms with E-state index in [4.69, 9.17) is 17.3 Å². The molecule has 0 bridgehead atoms. The van der Waals surface area contributed by atoms with E-state index in [2.05, 4.69) is 4.90 Å². The third-order valence-corrected chi connectivity index (χ3v) is 3.36. The van der Waals surface area contributed by atoms with Gasteiger partial charge in [-0.05, 0) is 38.6 Å². The Morgan fingerprint density at radius 1 is 1.29 bits per heavy atom. The van der Waals surface area contributed by atoms with Crippen molar-refractivity contribution in [2.45, 2.75) is 32.0 Å². The number of halogens is 1. The molecule has 3 nitrogen and oxygen atoms in total. The van der Waals surface area contributed by atoms with E-state index in [9.17, 15) is 5.11 Å². The lowest BCUT2D eigenvalue weighted by molar-refractivity contribution is 0.109. The van der Waals surface area contributed by atoms with Crippen molar-refractivity contribution < 1.29 is 5.11 Å². The Labute approximate surface area is 108 Å². The maximum Gasteiger partial charge on any atom is 0.0584 e. The number of aliphatic hydroxyl groups excluding tert-OH is 1. The van der Waals surface area contributed by atoms with Crippen LogP contribution in [0.2, 0.25) is 5.02 Å². The van der Waals surface area contributed by atoms with Gasteiger partial charge >= 0.3 is 0 Å². The maximum absolute atomic E-state index is 9.22. The van der Waals surface area contributed by atoms with Crippen LogP contribution in [0.1, 0.15) is 25.5 Å². The summed E-state index contributed by atoms with van der Waals surface area (Å²) in [5.74, 6) is 0. The Morgan fingerprint density at radius 2 is 1.82 bits per heavy atom. The number of hydrogen-bond acceptors (Lipinski definition) is 3. The summed E-state index contributed by atoms with van der Waals surface area (Å²) in [5, 5.41) is 9.94. The van der Waals surface area contributed by atoms with Crippen molar-refractivity contribution in [2.75, 3.05) is 13.7 Å². The largest absolute Gasteiger partial charge is 0.395 e. The predicted octanol–water partition coefficient (Wildman–Crippen LogP) is 2.04. The number of nitrogens with zero attached hydrogens (tertiary/aromatic N) is 1. The zero-order valence-electron chi connectivity index (χ0n) is 10.6. The van der Waals surface area contributed by atoms with Crippen molar-refractivity contribution in [3.63, 3.8) is 0 Å². The first-order valence-corrected chi connectivity index (χ1v) is 6.19. The summed E-state index contributed by atoms with van der Waals surface area (Å²) >= 11 is 5.88. The molecule has 3 N–H and O–H groups in total. The zero-order chi connectivity index (χ0) is 13.0. The van der Waals surface area contributed by atoms with Crippen molar-refractivity contribution in [3.8, 4) is 0 Å². The SMILES string of the molecule is CC(N)C(c1ccc(Cl)cc1)N(C)C(C)CO. The molecule has 96 valence electrons. The molecule has 0 aliphatic rings. The number of likely N-dealkylation sites (N-methyl/N-ethyl adjacent to an activating group) is 1. The Bertz CT molecular complexity index is 340. The lowest BCUT2D eigenvalue weighted by Gasteiger charge is -2.35. The zero-order valence-corrected chi connectivity index (χ0v) is 11.4. The first-order valence-electron chi connectivity index (χ1n) is 5.81. The summed E-state index contributed by atoms with van der Waals surface area (Å²) in [7, 11) is 1.98. The highest BCUT2D eigenvalue weighted by atomic mass is 35.5. The Balaban J connectivity index is 2.97. The minimum atomic E-state index is -0.0184. The van der Waals surface area contributed by atoms with Crippen LogP contribution in [0.4, 0.5) is 0 Å². The molecule has 0 spiro atoms. The second-order valence-corrected chi connectivity index (χ2v) is 4.99. The number of rotatable bonds is 5. The maximum atomic E-state index is 9.22. The minimum Gasteiger partial charge on any atom is -0.395 e. The molecule has 0 fully saturated rings. The van der Waals surface area contributed by atoms with Gasteiger partial charge in [-0.3, -0.25) is 4.90 Å². The average Bonchev–Trinajstić information content (AvgIpc) is 2.30. The number of nitrogens with two attached hydrogens (primary N) is 1. The van der Waals surface area contributed by atoms with Gasteiger partial charge in [0.05, 0.1) is 6.61 Å². The Kier molecular flexibility index (Phi) is 5.40. The number of aliphatic hydroxyl groups is 1. The summed E-state index contributed by atoms with van der Waals surface area (Å²) in [6.07, 6.45) is 0. The molecular weight excluding hydrogens is 236 g/mol. The van der Waals surface area contributed by atoms with E-state index in [-0.39, 0.29) is 24.7 Å². The van der Waals surface area contributed by atoms with Crippen LogP contribution < -0.4 is 5.73 Å². The molecule has 4 heteroatoms. The molecule has 1 aromatic carbocycles. The Hall–Kier alpha value is -0.610. The van der Waals surface area contributed by atoms with Crippen LogP contribution in [0.25, 0.3) is 0 Å². The van der Waals surface area contributed by atoms with Gasteiger partial charge in [0, 0.05) is 23.1 Å². The van der Waals surface area contributed by atoms with E-state index in [0.717, 1.165) is 10.6 Å². The smallest absolute Gasteiger partial charge is 0.0584 e. The van der Waals surface area contributed by atoms with Crippen LogP contribution in [-0.4, -0.2) is 35.7 Å². The average molecular weight is 257 g/mol. The molecule has 0 aliphatic heterocycles. The van der Waals surface area contributed by atoms with Gasteiger partial charge in [0.2, 0.25) is 0 Å². The van der Waals surface area contributed by atoms with E-state index in [0.29, 0.717) is 0 Å². The van der Waals surface area contributed by atoms with Crippen LogP contribution >= 0.6 is 11.6 Å². The minimum absolute atomic E-state index is 0.0184. The van der Waals surface area contributed by atoms with Gasteiger partial charge in [-0.2, -0.15) is 0 Å². The summed E-state index contributed by atoms with van der Waals surface area (Å²) < 4.78 is 0. The van der Waals surface area contributed by atoms with Crippen LogP contribution in [-0.2, 0) is 0 Å². The molecule has 3 unspecified atom stereocenters. The van der Waals surface area contributed by atoms with Gasteiger partial charge < -0.3 is 10.8 Å². The summed E-state index contributed by atoms with van der Waals surface area (Å²) in [5.41, 5.74) is 7.16. The summed E-state index contributed by atoms with van der Waals surface area (Å²) in [6.45, 7) is 4.07. The molecule has 1 rings (SSSR count). The standard InChI is InChI=1S/C13H21ClN2O/c1-9(8-17)16(3)13(10(2)15)11-4-6-12(14)7-5-11/h4-7,9-10,13,17H,8,15H2,1-3H3. The molecule has 17 heavy (non-hydrogen) atoms. The highest BCUT2D eigenvalue weighted by Gasteiger charge is 2.24. The van der Waals surface area contributed by atoms with Gasteiger partial charge in [-0.25, -0.2) is 0 Å². The highest BCUT2D eigenvalue weighted by molar-refractivity contribution is 6.30. The lowest BCUT2D eigenvalue weighted by Crippen LogP contribution is -2.43. The highest BCUT2D eigenvalue weighted by Crippen LogP contribution is 2.25. The van der Waals surface area contributed by atoms with E-state index in [1.165, 1.54) is 0 Å². The third kappa shape index (κ3) is 3.68. The lowest BCUT2D eigenvalue weighted by atomic mass is 9.98. The van der Waals surface area contributed by atoms with Crippen molar-refractivity contribution in [2.24, 2.45) is 5.73 Å². The molecule has 0 saturated carbocycles. The van der Waals surface area contributed by atoms with Gasteiger partial charge in [-0.1, -0.05) is 23.7 Å². The second kappa shape index (κ2) is 6.36. The summed E-state index contributed by atoms with van der Waals surface area (Å²) in [6, 6.07) is 7.83. The molecular formula is C13H21ClN2O. The van der Waals surface area contributed by atoms with E-state index < -0.39 is 0 Å². The van der Waals surface area contributed by atoms with Crippen molar-refractivity contribution in [3.05, 3.63) is 34.9 Å². The third-order valence-electron chi connectivity index (χ3n) is 3.11. The fourth-order valence-electron chi connectivity index (χ4n) is 1.97. The molecule has 0 saturated heterocycles. The van der Waals surface area contributed by atoms with Gasteiger partial charge in [0.25, 0.3) is 0 Å². The first-order chi connectivity index (χ1) is 7.97. The van der Waals surface area contributed by atoms with Crippen molar-refractivity contribution in [1.82, 2.24) is 4.90 Å². The fourth-order valence-corrected chi connectivity index (χ4v) is 2.10. The first kappa shape index (κ1) is 14.5. The Morgan fingerprint density at radius 3 is 2.24 bits per heavy atom. The molecule has 0 radical (unpaired) electrons. The number of benzene rings is 1. The van der Waals surface area contributed by atoms with Crippen molar-refractivity contribution in [1.29, 1.82) is 0 Å². The van der Waals surface area contributed by atoms with Crippen molar-refractivity contribution >= 4 is 11.6 Å². The van der Waals surface area contributed by atoms with Crippen LogP contribution in [0.15, 0.2) is 24.3 Å². The molecule has 0 aromatic heterocycles. The topological polar surface area (TPSA) is 49.5 Å². The predicted molar refractivity (Wildman–Crippen MR) is 72.2 cm³/mol. The fraction of sp³-hybridized carbons (Fsp3) is 0.538. The van der Waals surface area contributed by atoms with Crippen LogP contribution in [0.5, 0.6) is 0 Å². The van der Waals surface area contributed by atoms with Crippen LogP contribution in [0, 0.1) is 0 Å².